The first-order chi connectivity index (χ1) is 14.5. The van der Waals surface area contributed by atoms with Gasteiger partial charge in [0.1, 0.15) is 0 Å². The summed E-state index contributed by atoms with van der Waals surface area (Å²) in [5, 5.41) is 5.03. The molecule has 4 rings (SSSR count). The van der Waals surface area contributed by atoms with Crippen molar-refractivity contribution in [3.8, 4) is 11.3 Å². The smallest absolute Gasteiger partial charge is 0.358 e. The minimum atomic E-state index is -0.725. The SMILES string of the molecule is CC(=O)Nc1nc(C(=O)OCC(=O)c2c(-c3ccccc3)[nH]c3ccccc23)cs1. The third-order valence-electron chi connectivity index (χ3n) is 4.38. The molecule has 0 unspecified atom stereocenters. The van der Waals surface area contributed by atoms with E-state index in [0.29, 0.717) is 16.4 Å². The van der Waals surface area contributed by atoms with E-state index in [1.54, 1.807) is 0 Å². The number of Topliss-reactive ketones (excluding diaryl/α,β-unsaturated/α-hetero) is 1. The van der Waals surface area contributed by atoms with Gasteiger partial charge in [0, 0.05) is 23.2 Å². The van der Waals surface area contributed by atoms with E-state index >= 15 is 0 Å². The molecule has 0 saturated heterocycles. The lowest BCUT2D eigenvalue weighted by molar-refractivity contribution is -0.114. The number of nitrogens with zero attached hydrogens (tertiary/aromatic N) is 1. The Labute approximate surface area is 175 Å². The summed E-state index contributed by atoms with van der Waals surface area (Å²) in [7, 11) is 0. The Hall–Kier alpha value is -3.78. The number of hydrogen-bond donors (Lipinski definition) is 2. The number of nitrogens with one attached hydrogen (secondary N) is 2. The van der Waals surface area contributed by atoms with E-state index in [1.807, 2.05) is 54.6 Å². The Morgan fingerprint density at radius 2 is 1.80 bits per heavy atom. The highest BCUT2D eigenvalue weighted by atomic mass is 32.1. The average Bonchev–Trinajstić information content (AvgIpc) is 3.36. The highest BCUT2D eigenvalue weighted by Crippen LogP contribution is 2.30. The minimum absolute atomic E-state index is 0.0405. The number of fused-ring (bicyclic) bond motifs is 1. The summed E-state index contributed by atoms with van der Waals surface area (Å²) in [6.45, 7) is 0.928. The standard InChI is InChI=1S/C22H17N3O4S/c1-13(26)23-22-25-17(12-30-22)21(28)29-11-18(27)19-15-9-5-6-10-16(15)24-20(19)14-7-3-2-4-8-14/h2-10,12,24H,11H2,1H3,(H,23,25,26). The van der Waals surface area contributed by atoms with Crippen LogP contribution < -0.4 is 5.32 Å². The number of benzene rings is 2. The molecule has 0 aliphatic heterocycles. The molecule has 0 bridgehead atoms. The maximum atomic E-state index is 13.0. The number of ketones is 1. The fraction of sp³-hybridized carbons (Fsp3) is 0.0909. The summed E-state index contributed by atoms with van der Waals surface area (Å²) in [4.78, 5) is 43.7. The van der Waals surface area contributed by atoms with Gasteiger partial charge < -0.3 is 15.0 Å². The van der Waals surface area contributed by atoms with Crippen molar-refractivity contribution in [2.24, 2.45) is 0 Å². The molecule has 0 fully saturated rings. The van der Waals surface area contributed by atoms with Crippen LogP contribution in [0.1, 0.15) is 27.8 Å². The monoisotopic (exact) mass is 419 g/mol. The molecular weight excluding hydrogens is 402 g/mol. The summed E-state index contributed by atoms with van der Waals surface area (Å²) in [5.41, 5.74) is 2.88. The van der Waals surface area contributed by atoms with Gasteiger partial charge >= 0.3 is 5.97 Å². The number of hydrogen-bond acceptors (Lipinski definition) is 6. The summed E-state index contributed by atoms with van der Waals surface area (Å²) < 4.78 is 5.20. The molecule has 0 radical (unpaired) electrons. The lowest BCUT2D eigenvalue weighted by Crippen LogP contribution is -2.15. The van der Waals surface area contributed by atoms with Gasteiger partial charge in [-0.3, -0.25) is 9.59 Å². The maximum absolute atomic E-state index is 13.0. The molecular formula is C22H17N3O4S. The summed E-state index contributed by atoms with van der Waals surface area (Å²) in [6, 6.07) is 17.0. The largest absolute Gasteiger partial charge is 0.453 e. The van der Waals surface area contributed by atoms with Gasteiger partial charge in [-0.05, 0) is 11.6 Å². The van der Waals surface area contributed by atoms with E-state index in [-0.39, 0.29) is 17.4 Å². The Balaban J connectivity index is 1.57. The van der Waals surface area contributed by atoms with Crippen molar-refractivity contribution in [2.75, 3.05) is 11.9 Å². The van der Waals surface area contributed by atoms with Crippen LogP contribution in [0.2, 0.25) is 0 Å². The van der Waals surface area contributed by atoms with Crippen molar-refractivity contribution in [1.29, 1.82) is 0 Å². The molecule has 7 nitrogen and oxygen atoms in total. The summed E-state index contributed by atoms with van der Waals surface area (Å²) >= 11 is 1.11. The number of carbonyl (C=O) groups is 3. The highest BCUT2D eigenvalue weighted by Gasteiger charge is 2.22. The molecule has 2 heterocycles. The van der Waals surface area contributed by atoms with Gasteiger partial charge in [-0.15, -0.1) is 11.3 Å². The van der Waals surface area contributed by atoms with Crippen LogP contribution in [0.25, 0.3) is 22.2 Å². The number of amides is 1. The lowest BCUT2D eigenvalue weighted by Gasteiger charge is -2.06. The second kappa shape index (κ2) is 8.30. The van der Waals surface area contributed by atoms with Crippen LogP contribution in [-0.4, -0.2) is 34.2 Å². The molecule has 2 aromatic heterocycles. The first-order valence-corrected chi connectivity index (χ1v) is 10.0. The predicted molar refractivity (Wildman–Crippen MR) is 115 cm³/mol. The van der Waals surface area contributed by atoms with Crippen LogP contribution in [0.5, 0.6) is 0 Å². The zero-order chi connectivity index (χ0) is 21.1. The van der Waals surface area contributed by atoms with E-state index in [2.05, 4.69) is 15.3 Å². The highest BCUT2D eigenvalue weighted by molar-refractivity contribution is 7.14. The van der Waals surface area contributed by atoms with Crippen molar-refractivity contribution in [3.63, 3.8) is 0 Å². The molecule has 2 aromatic carbocycles. The summed E-state index contributed by atoms with van der Waals surface area (Å²) in [6.07, 6.45) is 0. The van der Waals surface area contributed by atoms with Crippen LogP contribution in [0.15, 0.2) is 60.0 Å². The molecule has 0 atom stereocenters. The molecule has 0 saturated carbocycles. The van der Waals surface area contributed by atoms with Gasteiger partial charge in [0.15, 0.2) is 17.4 Å². The first-order valence-electron chi connectivity index (χ1n) is 9.12. The minimum Gasteiger partial charge on any atom is -0.453 e. The summed E-state index contributed by atoms with van der Waals surface area (Å²) in [5.74, 6) is -1.33. The fourth-order valence-corrected chi connectivity index (χ4v) is 3.83. The first kappa shape index (κ1) is 19.5. The zero-order valence-corrected chi connectivity index (χ0v) is 16.8. The van der Waals surface area contributed by atoms with Crippen LogP contribution in [0.4, 0.5) is 5.13 Å². The van der Waals surface area contributed by atoms with Gasteiger partial charge in [-0.1, -0.05) is 48.5 Å². The number of H-pyrrole nitrogens is 1. The number of carbonyl (C=O) groups excluding carboxylic acids is 3. The molecule has 1 amide bonds. The average molecular weight is 419 g/mol. The van der Waals surface area contributed by atoms with Crippen molar-refractivity contribution in [2.45, 2.75) is 6.92 Å². The van der Waals surface area contributed by atoms with Crippen LogP contribution in [-0.2, 0) is 9.53 Å². The second-order valence-electron chi connectivity index (χ2n) is 6.51. The Kier molecular flexibility index (Phi) is 5.40. The Bertz CT molecular complexity index is 1240. The quantitative estimate of drug-likeness (QED) is 0.359. The molecule has 0 spiro atoms. The maximum Gasteiger partial charge on any atom is 0.358 e. The fourth-order valence-electron chi connectivity index (χ4n) is 3.11. The number of aromatic nitrogens is 2. The zero-order valence-electron chi connectivity index (χ0n) is 16.0. The third kappa shape index (κ3) is 3.99. The number of anilines is 1. The van der Waals surface area contributed by atoms with Crippen molar-refractivity contribution >= 4 is 45.0 Å². The second-order valence-corrected chi connectivity index (χ2v) is 7.36. The van der Waals surface area contributed by atoms with Crippen molar-refractivity contribution in [1.82, 2.24) is 9.97 Å². The number of aromatic amines is 1. The van der Waals surface area contributed by atoms with Gasteiger partial charge in [0.05, 0.1) is 11.3 Å². The third-order valence-corrected chi connectivity index (χ3v) is 5.14. The van der Waals surface area contributed by atoms with E-state index in [4.69, 9.17) is 4.74 Å². The van der Waals surface area contributed by atoms with E-state index in [1.165, 1.54) is 12.3 Å². The molecule has 8 heteroatoms. The topological polar surface area (TPSA) is 101 Å². The van der Waals surface area contributed by atoms with E-state index in [0.717, 1.165) is 27.8 Å². The van der Waals surface area contributed by atoms with Gasteiger partial charge in [0.2, 0.25) is 11.7 Å². The van der Waals surface area contributed by atoms with Gasteiger partial charge in [-0.2, -0.15) is 0 Å². The Morgan fingerprint density at radius 3 is 2.57 bits per heavy atom. The number of ether oxygens (including phenoxy) is 1. The molecule has 0 aliphatic rings. The number of rotatable bonds is 6. The van der Waals surface area contributed by atoms with Crippen molar-refractivity contribution < 1.29 is 19.1 Å². The van der Waals surface area contributed by atoms with Crippen LogP contribution in [0, 0.1) is 0 Å². The molecule has 30 heavy (non-hydrogen) atoms. The number of esters is 1. The number of thiazole rings is 1. The van der Waals surface area contributed by atoms with E-state index in [9.17, 15) is 14.4 Å². The molecule has 0 aliphatic carbocycles. The van der Waals surface area contributed by atoms with E-state index < -0.39 is 12.6 Å². The van der Waals surface area contributed by atoms with Gasteiger partial charge in [-0.25, -0.2) is 9.78 Å². The number of para-hydroxylation sites is 1. The van der Waals surface area contributed by atoms with Crippen LogP contribution in [0.3, 0.4) is 0 Å². The lowest BCUT2D eigenvalue weighted by atomic mass is 10.0. The Morgan fingerprint density at radius 1 is 1.07 bits per heavy atom. The van der Waals surface area contributed by atoms with Crippen molar-refractivity contribution in [3.05, 3.63) is 71.2 Å². The predicted octanol–water partition coefficient (Wildman–Crippen LogP) is 4.29. The molecule has 2 N–H and O–H groups in total. The normalized spacial score (nSPS) is 10.7. The molecule has 150 valence electrons. The molecule has 4 aromatic rings. The van der Waals surface area contributed by atoms with Gasteiger partial charge in [0.25, 0.3) is 0 Å². The van der Waals surface area contributed by atoms with Crippen LogP contribution >= 0.6 is 11.3 Å².